The third-order valence-electron chi connectivity index (χ3n) is 3.66. The van der Waals surface area contributed by atoms with Gasteiger partial charge in [0.1, 0.15) is 6.61 Å². The second-order valence-electron chi connectivity index (χ2n) is 5.13. The lowest BCUT2D eigenvalue weighted by atomic mass is 9.92. The molecule has 2 rings (SSSR count). The van der Waals surface area contributed by atoms with Crippen LogP contribution < -0.4 is 0 Å². The zero-order chi connectivity index (χ0) is 13.7. The van der Waals surface area contributed by atoms with Crippen molar-refractivity contribution in [3.05, 3.63) is 35.9 Å². The fraction of sp³-hybridized carbons (Fsp3) is 0.533. The lowest BCUT2D eigenvalue weighted by Crippen LogP contribution is -2.41. The number of rotatable bonds is 3. The molecule has 1 saturated carbocycles. The van der Waals surface area contributed by atoms with Gasteiger partial charge in [-0.15, -0.1) is 0 Å². The average Bonchev–Trinajstić information content (AvgIpc) is 2.45. The summed E-state index contributed by atoms with van der Waals surface area (Å²) in [5.41, 5.74) is 0.980. The Labute approximate surface area is 114 Å². The van der Waals surface area contributed by atoms with Gasteiger partial charge in [-0.25, -0.2) is 4.79 Å². The van der Waals surface area contributed by atoms with E-state index >= 15 is 0 Å². The van der Waals surface area contributed by atoms with E-state index < -0.39 is 0 Å². The molecule has 0 saturated heterocycles. The molecule has 0 aliphatic heterocycles. The van der Waals surface area contributed by atoms with Crippen molar-refractivity contribution >= 4 is 6.09 Å². The molecule has 0 spiro atoms. The maximum Gasteiger partial charge on any atom is 0.410 e. The minimum absolute atomic E-state index is 0.0898. The number of hydrogen-bond acceptors (Lipinski definition) is 3. The monoisotopic (exact) mass is 263 g/mol. The van der Waals surface area contributed by atoms with Crippen LogP contribution >= 0.6 is 0 Å². The van der Waals surface area contributed by atoms with Crippen molar-refractivity contribution in [3.63, 3.8) is 0 Å². The van der Waals surface area contributed by atoms with E-state index in [1.165, 1.54) is 0 Å². The Kier molecular flexibility index (Phi) is 4.80. The molecule has 1 amide bonds. The van der Waals surface area contributed by atoms with Crippen molar-refractivity contribution in [1.29, 1.82) is 0 Å². The second kappa shape index (κ2) is 6.57. The third kappa shape index (κ3) is 3.96. The number of carbonyl (C=O) groups excluding carboxylic acids is 1. The van der Waals surface area contributed by atoms with E-state index in [9.17, 15) is 9.90 Å². The predicted octanol–water partition coefficient (Wildman–Crippen LogP) is 2.56. The van der Waals surface area contributed by atoms with E-state index in [1.807, 2.05) is 30.3 Å². The van der Waals surface area contributed by atoms with Gasteiger partial charge in [0.2, 0.25) is 0 Å². The Hall–Kier alpha value is -1.55. The van der Waals surface area contributed by atoms with Crippen LogP contribution in [0.4, 0.5) is 4.79 Å². The van der Waals surface area contributed by atoms with E-state index in [1.54, 1.807) is 11.9 Å². The van der Waals surface area contributed by atoms with Crippen LogP contribution in [0.25, 0.3) is 0 Å². The maximum atomic E-state index is 11.9. The molecular weight excluding hydrogens is 242 g/mol. The Morgan fingerprint density at radius 1 is 1.37 bits per heavy atom. The number of carbonyl (C=O) groups is 1. The Morgan fingerprint density at radius 2 is 2.11 bits per heavy atom. The van der Waals surface area contributed by atoms with Crippen molar-refractivity contribution in [2.75, 3.05) is 7.05 Å². The first-order chi connectivity index (χ1) is 9.16. The van der Waals surface area contributed by atoms with Crippen LogP contribution in [0, 0.1) is 0 Å². The first-order valence-corrected chi connectivity index (χ1v) is 6.78. The van der Waals surface area contributed by atoms with Crippen LogP contribution in [0.15, 0.2) is 30.3 Å². The summed E-state index contributed by atoms with van der Waals surface area (Å²) >= 11 is 0. The topological polar surface area (TPSA) is 49.8 Å². The number of nitrogens with zero attached hydrogens (tertiary/aromatic N) is 1. The van der Waals surface area contributed by atoms with E-state index in [4.69, 9.17) is 4.74 Å². The highest BCUT2D eigenvalue weighted by molar-refractivity contribution is 5.67. The van der Waals surface area contributed by atoms with Gasteiger partial charge in [0.25, 0.3) is 0 Å². The molecule has 0 radical (unpaired) electrons. The summed E-state index contributed by atoms with van der Waals surface area (Å²) in [5, 5.41) is 9.64. The lowest BCUT2D eigenvalue weighted by Gasteiger charge is -2.32. The summed E-state index contributed by atoms with van der Waals surface area (Å²) in [4.78, 5) is 13.6. The summed E-state index contributed by atoms with van der Waals surface area (Å²) in [6.07, 6.45) is 2.78. The van der Waals surface area contributed by atoms with Gasteiger partial charge in [0.15, 0.2) is 0 Å². The molecule has 1 N–H and O–H groups in total. The minimum Gasteiger partial charge on any atom is -0.445 e. The Bertz CT molecular complexity index is 407. The summed E-state index contributed by atoms with van der Waals surface area (Å²) in [6, 6.07) is 9.72. The van der Waals surface area contributed by atoms with Gasteiger partial charge in [-0.2, -0.15) is 0 Å². The molecule has 4 heteroatoms. The van der Waals surface area contributed by atoms with E-state index in [0.29, 0.717) is 13.0 Å². The van der Waals surface area contributed by atoms with Crippen LogP contribution in [0.3, 0.4) is 0 Å². The largest absolute Gasteiger partial charge is 0.445 e. The molecule has 2 atom stereocenters. The van der Waals surface area contributed by atoms with E-state index in [0.717, 1.165) is 24.8 Å². The molecule has 1 aliphatic carbocycles. The van der Waals surface area contributed by atoms with Gasteiger partial charge in [0.05, 0.1) is 6.10 Å². The summed E-state index contributed by atoms with van der Waals surface area (Å²) in [7, 11) is 1.75. The van der Waals surface area contributed by atoms with Crippen LogP contribution in [0.1, 0.15) is 31.2 Å². The van der Waals surface area contributed by atoms with Gasteiger partial charge < -0.3 is 14.7 Å². The fourth-order valence-electron chi connectivity index (χ4n) is 2.46. The number of benzene rings is 1. The van der Waals surface area contributed by atoms with Crippen LogP contribution in [-0.2, 0) is 11.3 Å². The molecular formula is C15H21NO3. The Balaban J connectivity index is 1.82. The van der Waals surface area contributed by atoms with Gasteiger partial charge in [-0.3, -0.25) is 0 Å². The highest BCUT2D eigenvalue weighted by Crippen LogP contribution is 2.22. The van der Waals surface area contributed by atoms with Crippen molar-refractivity contribution in [2.45, 2.75) is 44.4 Å². The quantitative estimate of drug-likeness (QED) is 0.911. The molecule has 4 nitrogen and oxygen atoms in total. The normalized spacial score (nSPS) is 22.8. The fourth-order valence-corrected chi connectivity index (χ4v) is 2.46. The van der Waals surface area contributed by atoms with E-state index in [2.05, 4.69) is 0 Å². The smallest absolute Gasteiger partial charge is 0.410 e. The highest BCUT2D eigenvalue weighted by atomic mass is 16.6. The standard InChI is InChI=1S/C15H21NO3/c1-16(13-8-5-9-14(17)10-13)15(18)19-11-12-6-3-2-4-7-12/h2-4,6-7,13-14,17H,5,8-11H2,1H3/t13-,14+/m0/s1. The van der Waals surface area contributed by atoms with E-state index in [-0.39, 0.29) is 18.2 Å². The van der Waals surface area contributed by atoms with Crippen LogP contribution in [0.2, 0.25) is 0 Å². The maximum absolute atomic E-state index is 11.9. The molecule has 104 valence electrons. The van der Waals surface area contributed by atoms with Crippen molar-refractivity contribution < 1.29 is 14.6 Å². The molecule has 19 heavy (non-hydrogen) atoms. The zero-order valence-corrected chi connectivity index (χ0v) is 11.3. The van der Waals surface area contributed by atoms with Gasteiger partial charge in [-0.05, 0) is 31.2 Å². The summed E-state index contributed by atoms with van der Waals surface area (Å²) in [6.45, 7) is 0.291. The molecule has 0 unspecified atom stereocenters. The number of aliphatic hydroxyl groups excluding tert-OH is 1. The average molecular weight is 263 g/mol. The predicted molar refractivity (Wildman–Crippen MR) is 72.7 cm³/mol. The molecule has 0 bridgehead atoms. The van der Waals surface area contributed by atoms with Gasteiger partial charge >= 0.3 is 6.09 Å². The van der Waals surface area contributed by atoms with Crippen LogP contribution in [0.5, 0.6) is 0 Å². The summed E-state index contributed by atoms with van der Waals surface area (Å²) in [5.74, 6) is 0. The zero-order valence-electron chi connectivity index (χ0n) is 11.3. The van der Waals surface area contributed by atoms with Crippen molar-refractivity contribution in [1.82, 2.24) is 4.90 Å². The lowest BCUT2D eigenvalue weighted by molar-refractivity contribution is 0.0524. The number of hydrogen-bond donors (Lipinski definition) is 1. The molecule has 1 aromatic rings. The third-order valence-corrected chi connectivity index (χ3v) is 3.66. The van der Waals surface area contributed by atoms with Gasteiger partial charge in [0, 0.05) is 13.1 Å². The Morgan fingerprint density at radius 3 is 2.79 bits per heavy atom. The van der Waals surface area contributed by atoms with Crippen LogP contribution in [-0.4, -0.2) is 35.3 Å². The molecule has 0 aromatic heterocycles. The van der Waals surface area contributed by atoms with Gasteiger partial charge in [-0.1, -0.05) is 30.3 Å². The number of amides is 1. The number of ether oxygens (including phenoxy) is 1. The van der Waals surface area contributed by atoms with Crippen molar-refractivity contribution in [2.24, 2.45) is 0 Å². The molecule has 1 aromatic carbocycles. The minimum atomic E-state index is -0.317. The highest BCUT2D eigenvalue weighted by Gasteiger charge is 2.27. The first-order valence-electron chi connectivity index (χ1n) is 6.78. The molecule has 1 aliphatic rings. The summed E-state index contributed by atoms with van der Waals surface area (Å²) < 4.78 is 5.28. The first kappa shape index (κ1) is 13.9. The molecule has 0 heterocycles. The SMILES string of the molecule is CN(C(=O)OCc1ccccc1)[C@H]1CCC[C@@H](O)C1. The second-order valence-corrected chi connectivity index (χ2v) is 5.13. The van der Waals surface area contributed by atoms with Crippen molar-refractivity contribution in [3.8, 4) is 0 Å². The number of aliphatic hydroxyl groups is 1. The molecule has 1 fully saturated rings.